The van der Waals surface area contributed by atoms with Gasteiger partial charge in [-0.2, -0.15) is 13.2 Å². The van der Waals surface area contributed by atoms with E-state index >= 15 is 0 Å². The molecule has 0 radical (unpaired) electrons. The molecule has 204 valence electrons. The van der Waals surface area contributed by atoms with Gasteiger partial charge in [0, 0.05) is 36.1 Å². The van der Waals surface area contributed by atoms with Crippen molar-refractivity contribution in [2.45, 2.75) is 38.4 Å². The van der Waals surface area contributed by atoms with E-state index in [4.69, 9.17) is 0 Å². The first-order valence-electron chi connectivity index (χ1n) is 12.4. The van der Waals surface area contributed by atoms with Crippen molar-refractivity contribution in [3.63, 3.8) is 0 Å². The number of thiazole rings is 1. The van der Waals surface area contributed by atoms with Gasteiger partial charge in [0.15, 0.2) is 10.9 Å². The Morgan fingerprint density at radius 3 is 2.62 bits per heavy atom. The molecule has 0 aliphatic carbocycles. The van der Waals surface area contributed by atoms with Crippen molar-refractivity contribution in [2.75, 3.05) is 32.5 Å². The fraction of sp³-hybridized carbons (Fsp3) is 0.357. The Morgan fingerprint density at radius 1 is 1.15 bits per heavy atom. The van der Waals surface area contributed by atoms with Gasteiger partial charge in [-0.05, 0) is 69.6 Å². The van der Waals surface area contributed by atoms with Crippen LogP contribution in [0.15, 0.2) is 42.7 Å². The van der Waals surface area contributed by atoms with Crippen LogP contribution in [0.3, 0.4) is 0 Å². The largest absolute Gasteiger partial charge is 0.416 e. The number of rotatable bonds is 5. The average Bonchev–Trinajstić information content (AvgIpc) is 3.35. The number of ketones is 1. The molecule has 1 N–H and O–H groups in total. The third-order valence-corrected chi connectivity index (χ3v) is 7.47. The van der Waals surface area contributed by atoms with E-state index in [-0.39, 0.29) is 30.0 Å². The number of anilines is 1. The van der Waals surface area contributed by atoms with Crippen LogP contribution in [0.1, 0.15) is 50.5 Å². The van der Waals surface area contributed by atoms with E-state index in [0.29, 0.717) is 21.1 Å². The Morgan fingerprint density at radius 2 is 1.90 bits per heavy atom. The molecule has 0 atom stereocenters. The Balaban J connectivity index is 1.41. The van der Waals surface area contributed by atoms with E-state index in [1.165, 1.54) is 11.3 Å². The zero-order valence-corrected chi connectivity index (χ0v) is 22.6. The summed E-state index contributed by atoms with van der Waals surface area (Å²) in [6, 6.07) is 6.72. The molecule has 1 saturated heterocycles. The normalized spacial score (nSPS) is 14.4. The van der Waals surface area contributed by atoms with Crippen LogP contribution >= 0.6 is 11.3 Å². The van der Waals surface area contributed by atoms with Gasteiger partial charge in [-0.1, -0.05) is 29.4 Å². The summed E-state index contributed by atoms with van der Waals surface area (Å²) in [6.45, 7) is 3.76. The molecule has 2 amide bonds. The highest BCUT2D eigenvalue weighted by molar-refractivity contribution is 7.16. The zero-order valence-electron chi connectivity index (χ0n) is 21.8. The molecular weight excluding hydrogens is 527 g/mol. The highest BCUT2D eigenvalue weighted by Crippen LogP contribution is 2.29. The second kappa shape index (κ2) is 12.0. The standard InChI is InChI=1S/C28H28F3N5O2S/c1-18-4-5-20(25(37)16-22-15-21(8-11-32-22)28(29,30)31)14-19(18)6-7-24-17-33-26(39-24)34-27(38)36(3)23-9-12-35(2)13-10-23/h4-5,8,11,14-15,17,23H,9-10,12-13,16H2,1-3H3,(H,33,34,38). The lowest BCUT2D eigenvalue weighted by molar-refractivity contribution is -0.137. The molecule has 4 rings (SSSR count). The van der Waals surface area contributed by atoms with Gasteiger partial charge >= 0.3 is 12.2 Å². The fourth-order valence-corrected chi connectivity index (χ4v) is 4.85. The Labute approximate surface area is 229 Å². The highest BCUT2D eigenvalue weighted by Gasteiger charge is 2.31. The lowest BCUT2D eigenvalue weighted by Crippen LogP contribution is -2.46. The van der Waals surface area contributed by atoms with Gasteiger partial charge < -0.3 is 9.80 Å². The maximum Gasteiger partial charge on any atom is 0.416 e. The number of amides is 2. The van der Waals surface area contributed by atoms with Crippen LogP contribution < -0.4 is 5.32 Å². The lowest BCUT2D eigenvalue weighted by Gasteiger charge is -2.34. The number of urea groups is 1. The van der Waals surface area contributed by atoms with E-state index < -0.39 is 11.7 Å². The van der Waals surface area contributed by atoms with Gasteiger partial charge in [0.05, 0.1) is 23.1 Å². The number of aryl methyl sites for hydroxylation is 1. The van der Waals surface area contributed by atoms with Crippen molar-refractivity contribution in [2.24, 2.45) is 0 Å². The molecule has 3 aromatic rings. The van der Waals surface area contributed by atoms with Gasteiger partial charge in [0.1, 0.15) is 0 Å². The number of alkyl halides is 3. The molecule has 1 fully saturated rings. The predicted octanol–water partition coefficient (Wildman–Crippen LogP) is 5.25. The summed E-state index contributed by atoms with van der Waals surface area (Å²) < 4.78 is 38.9. The Kier molecular flexibility index (Phi) is 8.67. The van der Waals surface area contributed by atoms with Crippen LogP contribution in [-0.2, 0) is 12.6 Å². The van der Waals surface area contributed by atoms with Gasteiger partial charge in [0.25, 0.3) is 0 Å². The van der Waals surface area contributed by atoms with Gasteiger partial charge in [-0.25, -0.2) is 9.78 Å². The van der Waals surface area contributed by atoms with E-state index in [1.807, 2.05) is 6.92 Å². The van der Waals surface area contributed by atoms with E-state index in [1.54, 1.807) is 36.3 Å². The summed E-state index contributed by atoms with van der Waals surface area (Å²) in [7, 11) is 3.86. The summed E-state index contributed by atoms with van der Waals surface area (Å²) in [6.07, 6.45) is -0.291. The van der Waals surface area contributed by atoms with Crippen LogP contribution in [0.4, 0.5) is 23.1 Å². The number of aromatic nitrogens is 2. The summed E-state index contributed by atoms with van der Waals surface area (Å²) in [5.41, 5.74) is 0.985. The average molecular weight is 556 g/mol. The predicted molar refractivity (Wildman–Crippen MR) is 144 cm³/mol. The van der Waals surface area contributed by atoms with Gasteiger partial charge in [-0.3, -0.25) is 15.1 Å². The molecule has 0 spiro atoms. The maximum atomic E-state index is 13.0. The van der Waals surface area contributed by atoms with E-state index in [2.05, 4.69) is 39.1 Å². The number of benzene rings is 1. The molecule has 7 nitrogen and oxygen atoms in total. The lowest BCUT2D eigenvalue weighted by atomic mass is 10.00. The smallest absolute Gasteiger partial charge is 0.324 e. The molecule has 1 aliphatic rings. The van der Waals surface area contributed by atoms with Crippen molar-refractivity contribution in [3.05, 3.63) is 75.6 Å². The minimum absolute atomic E-state index is 0.0451. The van der Waals surface area contributed by atoms with Crippen LogP contribution in [0, 0.1) is 18.8 Å². The summed E-state index contributed by atoms with van der Waals surface area (Å²) in [4.78, 5) is 38.2. The third-order valence-electron chi connectivity index (χ3n) is 6.64. The molecule has 1 aromatic carbocycles. The molecule has 0 unspecified atom stereocenters. The fourth-order valence-electron chi connectivity index (χ4n) is 4.19. The number of carbonyl (C=O) groups is 2. The number of carbonyl (C=O) groups excluding carboxylic acids is 2. The van der Waals surface area contributed by atoms with Crippen LogP contribution in [0.2, 0.25) is 0 Å². The third kappa shape index (κ3) is 7.43. The van der Waals surface area contributed by atoms with Crippen LogP contribution in [0.5, 0.6) is 0 Å². The number of hydrogen-bond acceptors (Lipinski definition) is 6. The topological polar surface area (TPSA) is 78.4 Å². The molecule has 39 heavy (non-hydrogen) atoms. The minimum atomic E-state index is -4.50. The summed E-state index contributed by atoms with van der Waals surface area (Å²) in [5.74, 6) is 5.70. The second-order valence-electron chi connectivity index (χ2n) is 9.52. The van der Waals surface area contributed by atoms with Crippen LogP contribution in [-0.4, -0.2) is 64.8 Å². The maximum absolute atomic E-state index is 13.0. The van der Waals surface area contributed by atoms with Crippen molar-refractivity contribution in [1.29, 1.82) is 0 Å². The number of halogens is 3. The first kappa shape index (κ1) is 28.3. The number of pyridine rings is 1. The number of likely N-dealkylation sites (tertiary alicyclic amines) is 1. The van der Waals surface area contributed by atoms with Gasteiger partial charge in [0.2, 0.25) is 0 Å². The Bertz CT molecular complexity index is 1420. The summed E-state index contributed by atoms with van der Waals surface area (Å²) in [5, 5.41) is 3.28. The quantitative estimate of drug-likeness (QED) is 0.344. The first-order chi connectivity index (χ1) is 18.5. The monoisotopic (exact) mass is 555 g/mol. The number of Topliss-reactive ketones (excluding diaryl/α,β-unsaturated/α-hetero) is 1. The van der Waals surface area contributed by atoms with Gasteiger partial charge in [-0.15, -0.1) is 0 Å². The second-order valence-corrected chi connectivity index (χ2v) is 10.5. The van der Waals surface area contributed by atoms with E-state index in [9.17, 15) is 22.8 Å². The SMILES string of the molecule is Cc1ccc(C(=O)Cc2cc(C(F)(F)F)ccn2)cc1C#Cc1cnc(NC(=O)N(C)C2CCN(C)CC2)s1. The molecule has 11 heteroatoms. The number of hydrogen-bond donors (Lipinski definition) is 1. The molecule has 0 bridgehead atoms. The van der Waals surface area contributed by atoms with Crippen molar-refractivity contribution in [1.82, 2.24) is 19.8 Å². The molecule has 2 aromatic heterocycles. The molecular formula is C28H28F3N5O2S. The number of nitrogens with one attached hydrogen (secondary N) is 1. The zero-order chi connectivity index (χ0) is 28.2. The number of piperidine rings is 1. The highest BCUT2D eigenvalue weighted by atomic mass is 32.1. The van der Waals surface area contributed by atoms with E-state index in [0.717, 1.165) is 49.8 Å². The van der Waals surface area contributed by atoms with Crippen molar-refractivity contribution >= 4 is 28.3 Å². The minimum Gasteiger partial charge on any atom is -0.324 e. The molecule has 0 saturated carbocycles. The van der Waals surface area contributed by atoms with Crippen LogP contribution in [0.25, 0.3) is 0 Å². The molecule has 3 heterocycles. The van der Waals surface area contributed by atoms with Crippen molar-refractivity contribution in [3.8, 4) is 11.8 Å². The summed E-state index contributed by atoms with van der Waals surface area (Å²) >= 11 is 1.25. The number of nitrogens with zero attached hydrogens (tertiary/aromatic N) is 4. The first-order valence-corrected chi connectivity index (χ1v) is 13.2. The Hall–Kier alpha value is -3.75. The van der Waals surface area contributed by atoms with Crippen molar-refractivity contribution < 1.29 is 22.8 Å². The molecule has 1 aliphatic heterocycles.